The number of thiazole rings is 1. The second-order valence-electron chi connectivity index (χ2n) is 6.35. The average Bonchev–Trinajstić information content (AvgIpc) is 3.06. The molecule has 0 bridgehead atoms. The summed E-state index contributed by atoms with van der Waals surface area (Å²) in [6.45, 7) is 4.05. The molecule has 0 spiro atoms. The Labute approximate surface area is 182 Å². The van der Waals surface area contributed by atoms with Gasteiger partial charge in [0.15, 0.2) is 16.6 Å². The topological polar surface area (TPSA) is 60.5 Å². The molecule has 29 heavy (non-hydrogen) atoms. The third kappa shape index (κ3) is 5.05. The van der Waals surface area contributed by atoms with E-state index in [4.69, 9.17) is 9.47 Å². The minimum Gasteiger partial charge on any atom is -0.493 e. The van der Waals surface area contributed by atoms with E-state index in [0.29, 0.717) is 16.6 Å². The fourth-order valence-corrected chi connectivity index (χ4v) is 4.24. The lowest BCUT2D eigenvalue weighted by molar-refractivity contribution is -0.111. The molecule has 0 saturated heterocycles. The van der Waals surface area contributed by atoms with E-state index in [1.165, 1.54) is 23.0 Å². The third-order valence-electron chi connectivity index (χ3n) is 4.23. The molecule has 0 atom stereocenters. The van der Waals surface area contributed by atoms with Crippen LogP contribution >= 0.6 is 27.3 Å². The Morgan fingerprint density at radius 3 is 2.52 bits per heavy atom. The van der Waals surface area contributed by atoms with Crippen LogP contribution in [-0.4, -0.2) is 25.1 Å². The molecule has 0 saturated carbocycles. The third-order valence-corrected chi connectivity index (χ3v) is 5.71. The molecule has 150 valence electrons. The quantitative estimate of drug-likeness (QED) is 0.456. The predicted octanol–water partition coefficient (Wildman–Crippen LogP) is 5.86. The molecule has 0 aliphatic rings. The van der Waals surface area contributed by atoms with Crippen molar-refractivity contribution in [2.24, 2.45) is 0 Å². The zero-order chi connectivity index (χ0) is 21.0. The summed E-state index contributed by atoms with van der Waals surface area (Å²) in [5.41, 5.74) is 3.93. The van der Waals surface area contributed by atoms with E-state index in [1.54, 1.807) is 26.4 Å². The molecule has 0 aliphatic carbocycles. The van der Waals surface area contributed by atoms with Crippen molar-refractivity contribution < 1.29 is 14.3 Å². The summed E-state index contributed by atoms with van der Waals surface area (Å²) in [6, 6.07) is 11.8. The number of hydrogen-bond acceptors (Lipinski definition) is 5. The fourth-order valence-electron chi connectivity index (χ4n) is 2.78. The van der Waals surface area contributed by atoms with Crippen molar-refractivity contribution >= 4 is 44.4 Å². The van der Waals surface area contributed by atoms with Gasteiger partial charge in [-0.1, -0.05) is 29.8 Å². The largest absolute Gasteiger partial charge is 0.493 e. The molecule has 2 aromatic carbocycles. The Balaban J connectivity index is 1.74. The molecule has 3 rings (SSSR count). The number of aryl methyl sites for hydroxylation is 2. The first-order valence-electron chi connectivity index (χ1n) is 8.86. The first-order valence-corrected chi connectivity index (χ1v) is 10.5. The van der Waals surface area contributed by atoms with Gasteiger partial charge in [0.25, 0.3) is 0 Å². The molecule has 5 nitrogen and oxygen atoms in total. The fraction of sp³-hybridized carbons (Fsp3) is 0.182. The van der Waals surface area contributed by atoms with Crippen molar-refractivity contribution in [1.82, 2.24) is 4.98 Å². The lowest BCUT2D eigenvalue weighted by Gasteiger charge is -2.10. The standard InChI is InChI=1S/C22H21BrN2O3S/c1-13-5-8-16(9-6-13)20-14(2)29-22(25-20)24-19(26)10-7-15-11-17(23)21(28-4)18(12-15)27-3/h5-12H,1-4H3,(H,24,25,26)/b10-7+. The monoisotopic (exact) mass is 472 g/mol. The van der Waals surface area contributed by atoms with Gasteiger partial charge < -0.3 is 9.47 Å². The van der Waals surface area contributed by atoms with Gasteiger partial charge in [0.1, 0.15) is 0 Å². The van der Waals surface area contributed by atoms with Crippen molar-refractivity contribution in [3.05, 3.63) is 63.0 Å². The minimum atomic E-state index is -0.250. The summed E-state index contributed by atoms with van der Waals surface area (Å²) in [5, 5.41) is 3.40. The highest BCUT2D eigenvalue weighted by Crippen LogP contribution is 2.36. The zero-order valence-corrected chi connectivity index (χ0v) is 19.0. The molecule has 1 aromatic heterocycles. The van der Waals surface area contributed by atoms with Crippen molar-refractivity contribution in [1.29, 1.82) is 0 Å². The summed E-state index contributed by atoms with van der Waals surface area (Å²) >= 11 is 4.91. The van der Waals surface area contributed by atoms with E-state index in [-0.39, 0.29) is 5.91 Å². The van der Waals surface area contributed by atoms with Gasteiger partial charge in [-0.25, -0.2) is 4.98 Å². The SMILES string of the molecule is COc1cc(/C=C/C(=O)Nc2nc(-c3ccc(C)cc3)c(C)s2)cc(Br)c1OC. The van der Waals surface area contributed by atoms with Gasteiger partial charge in [0, 0.05) is 16.5 Å². The Morgan fingerprint density at radius 1 is 1.14 bits per heavy atom. The highest BCUT2D eigenvalue weighted by molar-refractivity contribution is 9.10. The number of rotatable bonds is 6. The number of amides is 1. The number of carbonyl (C=O) groups is 1. The van der Waals surface area contributed by atoms with E-state index in [0.717, 1.165) is 26.2 Å². The number of methoxy groups -OCH3 is 2. The van der Waals surface area contributed by atoms with Crippen LogP contribution < -0.4 is 14.8 Å². The summed E-state index contributed by atoms with van der Waals surface area (Å²) in [5.74, 6) is 0.941. The highest BCUT2D eigenvalue weighted by atomic mass is 79.9. The van der Waals surface area contributed by atoms with Crippen LogP contribution in [0.1, 0.15) is 16.0 Å². The van der Waals surface area contributed by atoms with Gasteiger partial charge in [-0.05, 0) is 53.5 Å². The van der Waals surface area contributed by atoms with Crippen LogP contribution in [0.5, 0.6) is 11.5 Å². The van der Waals surface area contributed by atoms with Crippen molar-refractivity contribution in [2.75, 3.05) is 19.5 Å². The Kier molecular flexibility index (Phi) is 6.71. The summed E-state index contributed by atoms with van der Waals surface area (Å²) in [6.07, 6.45) is 3.18. The van der Waals surface area contributed by atoms with E-state index >= 15 is 0 Å². The number of nitrogens with zero attached hydrogens (tertiary/aromatic N) is 1. The molecule has 0 unspecified atom stereocenters. The second-order valence-corrected chi connectivity index (χ2v) is 8.41. The maximum absolute atomic E-state index is 12.4. The number of carbonyl (C=O) groups excluding carboxylic acids is 1. The second kappa shape index (κ2) is 9.24. The molecule has 0 radical (unpaired) electrons. The van der Waals surface area contributed by atoms with E-state index < -0.39 is 0 Å². The average molecular weight is 473 g/mol. The number of ether oxygens (including phenoxy) is 2. The molecule has 3 aromatic rings. The number of hydrogen-bond donors (Lipinski definition) is 1. The van der Waals surface area contributed by atoms with Crippen molar-refractivity contribution in [3.63, 3.8) is 0 Å². The van der Waals surface area contributed by atoms with E-state index in [1.807, 2.05) is 32.0 Å². The van der Waals surface area contributed by atoms with Crippen LogP contribution in [0.3, 0.4) is 0 Å². The normalized spacial score (nSPS) is 10.9. The van der Waals surface area contributed by atoms with Crippen LogP contribution in [0.25, 0.3) is 17.3 Å². The molecule has 1 amide bonds. The van der Waals surface area contributed by atoms with Crippen LogP contribution in [0.2, 0.25) is 0 Å². The summed E-state index contributed by atoms with van der Waals surface area (Å²) < 4.78 is 11.4. The number of benzene rings is 2. The van der Waals surface area contributed by atoms with Gasteiger partial charge in [0.2, 0.25) is 5.91 Å². The molecular weight excluding hydrogens is 452 g/mol. The number of anilines is 1. The van der Waals surface area contributed by atoms with Crippen LogP contribution in [0.15, 0.2) is 46.9 Å². The molecule has 0 fully saturated rings. The Bertz CT molecular complexity index is 1060. The highest BCUT2D eigenvalue weighted by Gasteiger charge is 2.12. The van der Waals surface area contributed by atoms with Gasteiger partial charge >= 0.3 is 0 Å². The maximum atomic E-state index is 12.4. The zero-order valence-electron chi connectivity index (χ0n) is 16.6. The first-order chi connectivity index (χ1) is 13.9. The number of halogens is 1. The molecular formula is C22H21BrN2O3S. The first kappa shape index (κ1) is 21.1. The van der Waals surface area contributed by atoms with E-state index in [2.05, 4.69) is 38.4 Å². The molecule has 0 aliphatic heterocycles. The summed E-state index contributed by atoms with van der Waals surface area (Å²) in [4.78, 5) is 18.0. The minimum absolute atomic E-state index is 0.250. The van der Waals surface area contributed by atoms with Gasteiger partial charge in [-0.2, -0.15) is 0 Å². The van der Waals surface area contributed by atoms with Gasteiger partial charge in [-0.3, -0.25) is 10.1 Å². The van der Waals surface area contributed by atoms with E-state index in [9.17, 15) is 4.79 Å². The van der Waals surface area contributed by atoms with Crippen LogP contribution in [0, 0.1) is 13.8 Å². The Hall–Kier alpha value is -2.64. The maximum Gasteiger partial charge on any atom is 0.250 e. The smallest absolute Gasteiger partial charge is 0.250 e. The number of aromatic nitrogens is 1. The molecule has 1 heterocycles. The number of nitrogens with one attached hydrogen (secondary N) is 1. The predicted molar refractivity (Wildman–Crippen MR) is 122 cm³/mol. The Morgan fingerprint density at radius 2 is 1.86 bits per heavy atom. The van der Waals surface area contributed by atoms with Crippen molar-refractivity contribution in [2.45, 2.75) is 13.8 Å². The van der Waals surface area contributed by atoms with Crippen LogP contribution in [-0.2, 0) is 4.79 Å². The van der Waals surface area contributed by atoms with Crippen LogP contribution in [0.4, 0.5) is 5.13 Å². The lowest BCUT2D eigenvalue weighted by atomic mass is 10.1. The molecule has 1 N–H and O–H groups in total. The van der Waals surface area contributed by atoms with Gasteiger partial charge in [-0.15, -0.1) is 11.3 Å². The van der Waals surface area contributed by atoms with Crippen molar-refractivity contribution in [3.8, 4) is 22.8 Å². The summed E-state index contributed by atoms with van der Waals surface area (Å²) in [7, 11) is 3.15. The lowest BCUT2D eigenvalue weighted by Crippen LogP contribution is -2.07. The van der Waals surface area contributed by atoms with Gasteiger partial charge in [0.05, 0.1) is 24.4 Å². The molecule has 7 heteroatoms.